The Morgan fingerprint density at radius 2 is 0.900 bits per heavy atom. The molecule has 4 N–H and O–H groups in total. The Kier molecular flexibility index (Phi) is 24.2. The number of ether oxygens (including phenoxy) is 4. The van der Waals surface area contributed by atoms with Crippen LogP contribution in [-0.2, 0) is 54.0 Å². The Morgan fingerprint density at radius 1 is 0.520 bits per heavy atom. The van der Waals surface area contributed by atoms with Crippen LogP contribution in [0, 0.1) is 0 Å². The number of nitrogens with zero attached hydrogens (tertiary/aromatic N) is 6. The van der Waals surface area contributed by atoms with Crippen LogP contribution in [0.1, 0.15) is 81.9 Å². The second-order valence-corrected chi connectivity index (χ2v) is 23.3. The smallest absolute Gasteiger partial charge is 0.351 e. The molecule has 2 aromatic heterocycles. The first-order chi connectivity index (χ1) is 48.6. The Balaban J connectivity index is 0.000000198. The summed E-state index contributed by atoms with van der Waals surface area (Å²) in [4.78, 5) is 109. The molecular formula is C78H74N8O14. The van der Waals surface area contributed by atoms with Crippen molar-refractivity contribution in [2.75, 3.05) is 50.0 Å². The van der Waals surface area contributed by atoms with E-state index in [1.54, 1.807) is 36.5 Å². The average molecular weight is 1350 g/mol. The number of hydrogen-bond acceptors (Lipinski definition) is 17. The van der Waals surface area contributed by atoms with Gasteiger partial charge in [-0.3, -0.25) is 47.7 Å². The highest BCUT2D eigenvalue weighted by atomic mass is 16.6. The summed E-state index contributed by atoms with van der Waals surface area (Å²) in [5.74, 6) is -3.25. The van der Waals surface area contributed by atoms with Crippen LogP contribution >= 0.6 is 0 Å². The number of benzene rings is 7. The third-order valence-corrected chi connectivity index (χ3v) is 16.9. The number of aliphatic hydroxyl groups excluding tert-OH is 1. The van der Waals surface area contributed by atoms with Crippen molar-refractivity contribution in [2.24, 2.45) is 0 Å². The Hall–Kier alpha value is -11.7. The van der Waals surface area contributed by atoms with Gasteiger partial charge in [0.1, 0.15) is 24.3 Å². The van der Waals surface area contributed by atoms with Gasteiger partial charge in [-0.05, 0) is 57.6 Å². The highest BCUT2D eigenvalue weighted by Gasteiger charge is 2.48. The maximum atomic E-state index is 13.6. The maximum Gasteiger partial charge on any atom is 0.351 e. The molecule has 510 valence electrons. The third-order valence-electron chi connectivity index (χ3n) is 16.9. The van der Waals surface area contributed by atoms with E-state index in [9.17, 15) is 43.5 Å². The van der Waals surface area contributed by atoms with Gasteiger partial charge in [-0.15, -0.1) is 0 Å². The maximum absolute atomic E-state index is 13.6. The molecule has 7 aromatic carbocycles. The van der Waals surface area contributed by atoms with Crippen LogP contribution in [0.5, 0.6) is 0 Å². The molecule has 0 bridgehead atoms. The van der Waals surface area contributed by atoms with Gasteiger partial charge in [-0.1, -0.05) is 232 Å². The van der Waals surface area contributed by atoms with Crippen LogP contribution in [0.2, 0.25) is 0 Å². The van der Waals surface area contributed by atoms with Gasteiger partial charge in [0.15, 0.2) is 12.5 Å². The van der Waals surface area contributed by atoms with Gasteiger partial charge in [-0.25, -0.2) is 9.59 Å². The lowest BCUT2D eigenvalue weighted by Crippen LogP contribution is -2.58. The van der Waals surface area contributed by atoms with Crippen molar-refractivity contribution in [1.29, 1.82) is 0 Å². The van der Waals surface area contributed by atoms with E-state index < -0.39 is 76.9 Å². The van der Waals surface area contributed by atoms with Gasteiger partial charge in [0.05, 0.1) is 49.5 Å². The van der Waals surface area contributed by atoms with Crippen molar-refractivity contribution in [2.45, 2.75) is 61.4 Å². The first-order valence-corrected chi connectivity index (χ1v) is 32.3. The lowest BCUT2D eigenvalue weighted by molar-refractivity contribution is -0.171. The van der Waals surface area contributed by atoms with Crippen molar-refractivity contribution in [3.63, 3.8) is 0 Å². The van der Waals surface area contributed by atoms with E-state index >= 15 is 0 Å². The molecule has 12 rings (SSSR count). The molecule has 2 amide bonds. The summed E-state index contributed by atoms with van der Waals surface area (Å²) in [7, 11) is 0. The number of morpholine rings is 2. The van der Waals surface area contributed by atoms with E-state index in [-0.39, 0.29) is 75.1 Å². The number of cyclic esters (lactones) is 2. The molecule has 0 spiro atoms. The van der Waals surface area contributed by atoms with E-state index in [2.05, 4.69) is 121 Å². The Morgan fingerprint density at radius 3 is 1.25 bits per heavy atom. The van der Waals surface area contributed by atoms with Crippen LogP contribution in [0.4, 0.5) is 11.6 Å². The molecule has 4 unspecified atom stereocenters. The highest BCUT2D eigenvalue weighted by Crippen LogP contribution is 2.46. The number of rotatable bonds is 22. The molecule has 100 heavy (non-hydrogen) atoms. The number of esters is 3. The number of aliphatic carboxylic acids is 1. The molecule has 5 heterocycles. The van der Waals surface area contributed by atoms with Crippen LogP contribution in [0.25, 0.3) is 0 Å². The second-order valence-electron chi connectivity index (χ2n) is 23.3. The molecule has 3 aliphatic rings. The van der Waals surface area contributed by atoms with Gasteiger partial charge >= 0.3 is 35.3 Å². The SMILES string of the molecule is C=C/C=C(\C=C)C(=O)Nc1ccn(C2CN(C(c3ccccc3)(c3ccccc3)c3ccccc3)CC(COC(=O)CCC(=O)O)O2)c(=O)n1.O=C(Nc1ccn(C2CN(C(c3ccccc3)(c3ccccc3)c3ccccc3)CC(CO)O2)c(=O)n1)c1ccccc1.O=C1CCC(=O)O1. The fraction of sp³-hybridized carbons (Fsp3) is 0.205. The number of allylic oxidation sites excluding steroid dienone is 2. The van der Waals surface area contributed by atoms with Crippen LogP contribution in [0.15, 0.2) is 283 Å². The zero-order chi connectivity index (χ0) is 70.4. The Labute approximate surface area is 576 Å². The predicted molar refractivity (Wildman–Crippen MR) is 373 cm³/mol. The normalized spacial score (nSPS) is 17.1. The summed E-state index contributed by atoms with van der Waals surface area (Å²) < 4.78 is 25.1. The number of carbonyl (C=O) groups is 6. The Bertz CT molecular complexity index is 4240. The number of carboxylic acids is 1. The number of carbonyl (C=O) groups excluding carboxylic acids is 5. The van der Waals surface area contributed by atoms with E-state index in [0.29, 0.717) is 18.7 Å². The van der Waals surface area contributed by atoms with Crippen LogP contribution in [0.3, 0.4) is 0 Å². The molecular weight excluding hydrogens is 1270 g/mol. The molecule has 0 aliphatic carbocycles. The summed E-state index contributed by atoms with van der Waals surface area (Å²) in [5.41, 5.74) is 3.86. The minimum absolute atomic E-state index is 0.0387. The number of anilines is 2. The van der Waals surface area contributed by atoms with Gasteiger partial charge in [0.25, 0.3) is 11.8 Å². The fourth-order valence-electron chi connectivity index (χ4n) is 12.5. The van der Waals surface area contributed by atoms with Crippen LogP contribution in [-0.4, -0.2) is 126 Å². The lowest BCUT2D eigenvalue weighted by Gasteiger charge is -2.50. The topological polar surface area (TPSA) is 280 Å². The van der Waals surface area contributed by atoms with Crippen molar-refractivity contribution >= 4 is 47.3 Å². The minimum atomic E-state index is -1.11. The molecule has 22 nitrogen and oxygen atoms in total. The first kappa shape index (κ1) is 71.1. The zero-order valence-corrected chi connectivity index (χ0v) is 54.5. The van der Waals surface area contributed by atoms with Gasteiger partial charge in [0, 0.05) is 49.7 Å². The molecule has 3 saturated heterocycles. The van der Waals surface area contributed by atoms with Crippen molar-refractivity contribution in [3.05, 3.63) is 334 Å². The van der Waals surface area contributed by atoms with E-state index in [4.69, 9.17) is 19.3 Å². The summed E-state index contributed by atoms with van der Waals surface area (Å²) in [6, 6.07) is 72.5. The quantitative estimate of drug-likeness (QED) is 0.0161. The predicted octanol–water partition coefficient (Wildman–Crippen LogP) is 9.61. The van der Waals surface area contributed by atoms with Gasteiger partial charge in [0.2, 0.25) is 0 Å². The molecule has 9 aromatic rings. The number of carboxylic acid groups (broad SMARTS) is 1. The van der Waals surface area contributed by atoms with Gasteiger partial charge in [-0.2, -0.15) is 9.97 Å². The number of aromatic nitrogens is 4. The number of hydrogen-bond donors (Lipinski definition) is 4. The lowest BCUT2D eigenvalue weighted by atomic mass is 9.75. The van der Waals surface area contributed by atoms with Crippen molar-refractivity contribution in [3.8, 4) is 0 Å². The second kappa shape index (κ2) is 34.0. The molecule has 22 heteroatoms. The monoisotopic (exact) mass is 1350 g/mol. The number of nitrogens with one attached hydrogen (secondary N) is 2. The standard InChI is InChI=1S/C39H38N4O7.C35H32N4O4.C4H4O3/c1-3-14-28(4-2)37(47)40-33-23-24-43(38(48)41-33)34-26-42(25-32(50-34)27-49-36(46)22-21-35(44)45)39(29-15-8-5-9-16-29,30-17-10-6-11-18-30)31-19-12-7-13-20-31;40-25-30-23-38(24-32(43-30)39-22-21-31(37-34(39)42)36-33(41)26-13-5-1-6-14-26)35(27-15-7-2-8-16-27,28-17-9-3-10-18-28)29-19-11-4-12-20-29;5-3-1-2-4(6)7-3/h3-20,23-24,32,34H,1-2,21-22,25-27H2,(H,44,45)(H,40,41,47,48);1-22,30,32,40H,23-25H2,(H,36,37,41,42);1-2H2/b28-14+;;. The summed E-state index contributed by atoms with van der Waals surface area (Å²) in [6.45, 7) is 8.05. The molecule has 0 saturated carbocycles. The molecule has 4 atom stereocenters. The van der Waals surface area contributed by atoms with Crippen molar-refractivity contribution in [1.82, 2.24) is 28.9 Å². The number of amides is 2. The molecule has 0 radical (unpaired) electrons. The zero-order valence-electron chi connectivity index (χ0n) is 54.5. The number of aliphatic hydroxyl groups is 1. The highest BCUT2D eigenvalue weighted by molar-refractivity contribution is 6.05. The largest absolute Gasteiger partial charge is 0.481 e. The summed E-state index contributed by atoms with van der Waals surface area (Å²) >= 11 is 0. The van der Waals surface area contributed by atoms with E-state index in [1.807, 2.05) is 115 Å². The molecule has 3 fully saturated rings. The van der Waals surface area contributed by atoms with Crippen LogP contribution < -0.4 is 22.0 Å². The third kappa shape index (κ3) is 17.0. The van der Waals surface area contributed by atoms with E-state index in [0.717, 1.165) is 33.4 Å². The van der Waals surface area contributed by atoms with Gasteiger partial charge < -0.3 is 39.8 Å². The summed E-state index contributed by atoms with van der Waals surface area (Å²) in [5, 5.41) is 24.7. The summed E-state index contributed by atoms with van der Waals surface area (Å²) in [6.07, 6.45) is 4.30. The van der Waals surface area contributed by atoms with Crippen molar-refractivity contribution < 1.29 is 57.9 Å². The van der Waals surface area contributed by atoms with E-state index in [1.165, 1.54) is 39.6 Å². The first-order valence-electron chi connectivity index (χ1n) is 32.3. The minimum Gasteiger partial charge on any atom is -0.481 e. The average Bonchev–Trinajstić information content (AvgIpc) is 0.749. The molecule has 3 aliphatic heterocycles. The fourth-order valence-corrected chi connectivity index (χ4v) is 12.5.